The van der Waals surface area contributed by atoms with Crippen LogP contribution in [0.5, 0.6) is 0 Å². The summed E-state index contributed by atoms with van der Waals surface area (Å²) >= 11 is 1.24. The first-order chi connectivity index (χ1) is 12.0. The van der Waals surface area contributed by atoms with E-state index >= 15 is 0 Å². The van der Waals surface area contributed by atoms with Crippen LogP contribution in [0.25, 0.3) is 11.4 Å². The molecule has 2 heterocycles. The van der Waals surface area contributed by atoms with Gasteiger partial charge in [-0.2, -0.15) is 0 Å². The summed E-state index contributed by atoms with van der Waals surface area (Å²) in [6.45, 7) is 2.66. The third-order valence-corrected chi connectivity index (χ3v) is 6.55. The SMILES string of the molecule is CCn1c(SCC(=O)O[C@H]2CCS(=O)(=O)C2)nnc1-c1ccccc1. The number of sulfone groups is 1. The van der Waals surface area contributed by atoms with Crippen molar-refractivity contribution in [3.63, 3.8) is 0 Å². The van der Waals surface area contributed by atoms with Crippen LogP contribution in [-0.2, 0) is 25.9 Å². The molecule has 1 aliphatic heterocycles. The second kappa shape index (κ2) is 7.57. The highest BCUT2D eigenvalue weighted by Gasteiger charge is 2.30. The molecule has 0 radical (unpaired) electrons. The predicted octanol–water partition coefficient (Wildman–Crippen LogP) is 1.79. The molecule has 0 bridgehead atoms. The number of carbonyl (C=O) groups is 1. The summed E-state index contributed by atoms with van der Waals surface area (Å²) < 4.78 is 30.0. The lowest BCUT2D eigenvalue weighted by Crippen LogP contribution is -2.20. The molecule has 0 N–H and O–H groups in total. The Morgan fingerprint density at radius 1 is 1.32 bits per heavy atom. The minimum atomic E-state index is -3.06. The first kappa shape index (κ1) is 17.9. The molecule has 2 aromatic rings. The van der Waals surface area contributed by atoms with Crippen LogP contribution >= 0.6 is 11.8 Å². The van der Waals surface area contributed by atoms with Gasteiger partial charge < -0.3 is 9.30 Å². The van der Waals surface area contributed by atoms with E-state index in [1.165, 1.54) is 11.8 Å². The number of aromatic nitrogens is 3. The minimum Gasteiger partial charge on any atom is -0.461 e. The Hall–Kier alpha value is -1.87. The Balaban J connectivity index is 1.62. The van der Waals surface area contributed by atoms with Gasteiger partial charge in [0.05, 0.1) is 17.3 Å². The van der Waals surface area contributed by atoms with Crippen molar-refractivity contribution in [2.24, 2.45) is 0 Å². The summed E-state index contributed by atoms with van der Waals surface area (Å²) in [4.78, 5) is 12.0. The van der Waals surface area contributed by atoms with E-state index in [0.29, 0.717) is 18.1 Å². The lowest BCUT2D eigenvalue weighted by atomic mass is 10.2. The van der Waals surface area contributed by atoms with E-state index < -0.39 is 21.9 Å². The van der Waals surface area contributed by atoms with Gasteiger partial charge in [0.2, 0.25) is 0 Å². The molecule has 3 rings (SSSR count). The van der Waals surface area contributed by atoms with Gasteiger partial charge in [-0.05, 0) is 13.3 Å². The average Bonchev–Trinajstić information content (AvgIpc) is 3.16. The van der Waals surface area contributed by atoms with Crippen LogP contribution in [0.1, 0.15) is 13.3 Å². The maximum absolute atomic E-state index is 12.0. The third-order valence-electron chi connectivity index (χ3n) is 3.87. The molecular weight excluding hydrogens is 362 g/mol. The van der Waals surface area contributed by atoms with Crippen molar-refractivity contribution in [2.45, 2.75) is 31.1 Å². The molecule has 0 saturated carbocycles. The van der Waals surface area contributed by atoms with Crippen LogP contribution in [0.4, 0.5) is 0 Å². The summed E-state index contributed by atoms with van der Waals surface area (Å²) in [6, 6.07) is 9.72. The lowest BCUT2D eigenvalue weighted by molar-refractivity contribution is -0.144. The zero-order chi connectivity index (χ0) is 17.9. The van der Waals surface area contributed by atoms with Crippen LogP contribution in [-0.4, -0.2) is 52.5 Å². The minimum absolute atomic E-state index is 0.0729. The maximum atomic E-state index is 12.0. The number of nitrogens with zero attached hydrogens (tertiary/aromatic N) is 3. The molecule has 134 valence electrons. The Morgan fingerprint density at radius 3 is 2.72 bits per heavy atom. The molecule has 1 aromatic carbocycles. The van der Waals surface area contributed by atoms with E-state index in [0.717, 1.165) is 11.4 Å². The highest BCUT2D eigenvalue weighted by Crippen LogP contribution is 2.24. The monoisotopic (exact) mass is 381 g/mol. The van der Waals surface area contributed by atoms with Gasteiger partial charge in [0.1, 0.15) is 6.10 Å². The van der Waals surface area contributed by atoms with E-state index in [1.54, 1.807) is 0 Å². The molecule has 1 saturated heterocycles. The molecular formula is C16H19N3O4S2. The second-order valence-electron chi connectivity index (χ2n) is 5.72. The van der Waals surface area contributed by atoms with Crippen molar-refractivity contribution in [3.8, 4) is 11.4 Å². The zero-order valence-electron chi connectivity index (χ0n) is 13.8. The van der Waals surface area contributed by atoms with Gasteiger partial charge >= 0.3 is 5.97 Å². The highest BCUT2D eigenvalue weighted by molar-refractivity contribution is 7.99. The van der Waals surface area contributed by atoms with Gasteiger partial charge in [-0.1, -0.05) is 42.1 Å². The van der Waals surface area contributed by atoms with Crippen LogP contribution in [0, 0.1) is 0 Å². The van der Waals surface area contributed by atoms with E-state index in [2.05, 4.69) is 10.2 Å². The Morgan fingerprint density at radius 2 is 2.08 bits per heavy atom. The average molecular weight is 381 g/mol. The van der Waals surface area contributed by atoms with E-state index in [9.17, 15) is 13.2 Å². The van der Waals surface area contributed by atoms with Crippen molar-refractivity contribution >= 4 is 27.6 Å². The highest BCUT2D eigenvalue weighted by atomic mass is 32.2. The van der Waals surface area contributed by atoms with E-state index in [1.807, 2.05) is 41.8 Å². The van der Waals surface area contributed by atoms with E-state index in [-0.39, 0.29) is 17.3 Å². The number of thioether (sulfide) groups is 1. The first-order valence-electron chi connectivity index (χ1n) is 8.00. The van der Waals surface area contributed by atoms with Crippen molar-refractivity contribution < 1.29 is 17.9 Å². The fourth-order valence-corrected chi connectivity index (χ4v) is 5.05. The maximum Gasteiger partial charge on any atom is 0.316 e. The number of esters is 1. The van der Waals surface area contributed by atoms with E-state index in [4.69, 9.17) is 4.74 Å². The molecule has 1 aliphatic rings. The van der Waals surface area contributed by atoms with Gasteiger partial charge in [0.15, 0.2) is 20.8 Å². The standard InChI is InChI=1S/C16H19N3O4S2/c1-2-19-15(12-6-4-3-5-7-12)17-18-16(19)24-10-14(20)23-13-8-9-25(21,22)11-13/h3-7,13H,2,8-11H2,1H3/t13-/m0/s1. The predicted molar refractivity (Wildman–Crippen MR) is 95.0 cm³/mol. The number of carbonyl (C=O) groups excluding carboxylic acids is 1. The smallest absolute Gasteiger partial charge is 0.316 e. The van der Waals surface area contributed by atoms with Gasteiger partial charge in [-0.3, -0.25) is 4.79 Å². The second-order valence-corrected chi connectivity index (χ2v) is 8.89. The van der Waals surface area contributed by atoms with Crippen molar-refractivity contribution in [2.75, 3.05) is 17.3 Å². The fourth-order valence-electron chi connectivity index (χ4n) is 2.68. The third kappa shape index (κ3) is 4.40. The summed E-state index contributed by atoms with van der Waals surface area (Å²) in [5, 5.41) is 9.02. The summed E-state index contributed by atoms with van der Waals surface area (Å²) in [7, 11) is -3.06. The normalized spacial score (nSPS) is 19.0. The molecule has 7 nitrogen and oxygen atoms in total. The number of hydrogen-bond acceptors (Lipinski definition) is 7. The molecule has 1 aromatic heterocycles. The summed E-state index contributed by atoms with van der Waals surface area (Å²) in [5.41, 5.74) is 0.961. The number of hydrogen-bond donors (Lipinski definition) is 0. The summed E-state index contributed by atoms with van der Waals surface area (Å²) in [5.74, 6) is 0.402. The Labute approximate surface area is 150 Å². The molecule has 1 fully saturated rings. The lowest BCUT2D eigenvalue weighted by Gasteiger charge is -2.10. The molecule has 0 amide bonds. The van der Waals surface area contributed by atoms with Crippen LogP contribution in [0.3, 0.4) is 0 Å². The number of ether oxygens (including phenoxy) is 1. The quantitative estimate of drug-likeness (QED) is 0.556. The Kier molecular flexibility index (Phi) is 5.43. The van der Waals surface area contributed by atoms with Crippen molar-refractivity contribution in [3.05, 3.63) is 30.3 Å². The Bertz CT molecular complexity index is 850. The van der Waals surface area contributed by atoms with Crippen molar-refractivity contribution in [1.82, 2.24) is 14.8 Å². The topological polar surface area (TPSA) is 91.2 Å². The van der Waals surface area contributed by atoms with Gasteiger partial charge in [0.25, 0.3) is 0 Å². The number of rotatable bonds is 6. The van der Waals surface area contributed by atoms with Crippen molar-refractivity contribution in [1.29, 1.82) is 0 Å². The molecule has 0 aliphatic carbocycles. The van der Waals surface area contributed by atoms with Crippen LogP contribution in [0.2, 0.25) is 0 Å². The molecule has 25 heavy (non-hydrogen) atoms. The number of benzene rings is 1. The molecule has 0 spiro atoms. The van der Waals surface area contributed by atoms with Gasteiger partial charge in [-0.15, -0.1) is 10.2 Å². The largest absolute Gasteiger partial charge is 0.461 e. The molecule has 9 heteroatoms. The summed E-state index contributed by atoms with van der Waals surface area (Å²) in [6.07, 6.45) is -0.149. The molecule has 0 unspecified atom stereocenters. The zero-order valence-corrected chi connectivity index (χ0v) is 15.4. The van der Waals surface area contributed by atoms with Crippen LogP contribution < -0.4 is 0 Å². The molecule has 1 atom stereocenters. The van der Waals surface area contributed by atoms with Crippen LogP contribution in [0.15, 0.2) is 35.5 Å². The fraction of sp³-hybridized carbons (Fsp3) is 0.438. The first-order valence-corrected chi connectivity index (χ1v) is 10.8. The van der Waals surface area contributed by atoms with Gasteiger partial charge in [0, 0.05) is 12.1 Å². The van der Waals surface area contributed by atoms with Gasteiger partial charge in [-0.25, -0.2) is 8.42 Å².